The first-order valence-electron chi connectivity index (χ1n) is 7.54. The molecule has 1 amide bonds. The molecule has 1 aliphatic carbocycles. The summed E-state index contributed by atoms with van der Waals surface area (Å²) in [6.07, 6.45) is 6.99. The Kier molecular flexibility index (Phi) is 8.42. The quantitative estimate of drug-likeness (QED) is 0.727. The van der Waals surface area contributed by atoms with Crippen LogP contribution < -0.4 is 10.6 Å². The van der Waals surface area contributed by atoms with E-state index >= 15 is 0 Å². The Labute approximate surface area is 123 Å². The molecule has 0 spiro atoms. The highest BCUT2D eigenvalue weighted by Crippen LogP contribution is 2.27. The van der Waals surface area contributed by atoms with Crippen LogP contribution in [0.1, 0.15) is 38.5 Å². The first kappa shape index (κ1) is 16.7. The standard InChI is InChI=1S/C14H27N3O.ClH/c18-14(12-13-4-1-2-5-13)16-6-3-9-17-10-7-15-8-11-17;/h13,15H,1-12H2,(H,16,18);1H. The average molecular weight is 290 g/mol. The fourth-order valence-electron chi connectivity index (χ4n) is 3.01. The SMILES string of the molecule is Cl.O=C(CC1CCCC1)NCCCN1CCNCC1. The molecule has 2 N–H and O–H groups in total. The van der Waals surface area contributed by atoms with E-state index in [1.165, 1.54) is 25.7 Å². The average Bonchev–Trinajstić information content (AvgIpc) is 2.89. The van der Waals surface area contributed by atoms with E-state index in [-0.39, 0.29) is 18.3 Å². The van der Waals surface area contributed by atoms with E-state index in [1.807, 2.05) is 0 Å². The molecule has 1 saturated carbocycles. The third-order valence-corrected chi connectivity index (χ3v) is 4.13. The second-order valence-corrected chi connectivity index (χ2v) is 5.65. The number of nitrogens with one attached hydrogen (secondary N) is 2. The lowest BCUT2D eigenvalue weighted by atomic mass is 10.0. The van der Waals surface area contributed by atoms with Gasteiger partial charge in [-0.15, -0.1) is 12.4 Å². The van der Waals surface area contributed by atoms with E-state index in [0.29, 0.717) is 5.92 Å². The molecule has 19 heavy (non-hydrogen) atoms. The lowest BCUT2D eigenvalue weighted by molar-refractivity contribution is -0.122. The van der Waals surface area contributed by atoms with E-state index in [2.05, 4.69) is 15.5 Å². The van der Waals surface area contributed by atoms with Gasteiger partial charge in [-0.3, -0.25) is 4.79 Å². The Morgan fingerprint density at radius 3 is 2.58 bits per heavy atom. The first-order chi connectivity index (χ1) is 8.84. The van der Waals surface area contributed by atoms with Crippen molar-refractivity contribution < 1.29 is 4.79 Å². The van der Waals surface area contributed by atoms with Gasteiger partial charge in [-0.2, -0.15) is 0 Å². The second kappa shape index (κ2) is 9.56. The number of nitrogens with zero attached hydrogens (tertiary/aromatic N) is 1. The van der Waals surface area contributed by atoms with Crippen LogP contribution in [0, 0.1) is 5.92 Å². The van der Waals surface area contributed by atoms with E-state index < -0.39 is 0 Å². The summed E-state index contributed by atoms with van der Waals surface area (Å²) in [4.78, 5) is 14.2. The van der Waals surface area contributed by atoms with Crippen LogP contribution >= 0.6 is 12.4 Å². The predicted molar refractivity (Wildman–Crippen MR) is 80.8 cm³/mol. The van der Waals surface area contributed by atoms with Gasteiger partial charge in [0.05, 0.1) is 0 Å². The summed E-state index contributed by atoms with van der Waals surface area (Å²) in [5.74, 6) is 0.931. The molecule has 0 aromatic heterocycles. The van der Waals surface area contributed by atoms with Gasteiger partial charge < -0.3 is 15.5 Å². The zero-order chi connectivity index (χ0) is 12.6. The van der Waals surface area contributed by atoms with Crippen LogP contribution in [0.2, 0.25) is 0 Å². The Morgan fingerprint density at radius 2 is 1.89 bits per heavy atom. The number of carbonyl (C=O) groups excluding carboxylic acids is 1. The van der Waals surface area contributed by atoms with Crippen LogP contribution in [0.4, 0.5) is 0 Å². The van der Waals surface area contributed by atoms with Crippen molar-refractivity contribution in [3.8, 4) is 0 Å². The zero-order valence-electron chi connectivity index (χ0n) is 11.8. The maximum Gasteiger partial charge on any atom is 0.220 e. The number of rotatable bonds is 6. The van der Waals surface area contributed by atoms with Crippen LogP contribution in [-0.4, -0.2) is 50.1 Å². The minimum Gasteiger partial charge on any atom is -0.356 e. The maximum absolute atomic E-state index is 11.7. The molecule has 0 radical (unpaired) electrons. The molecule has 0 aromatic carbocycles. The molecule has 1 heterocycles. The van der Waals surface area contributed by atoms with Crippen LogP contribution in [0.15, 0.2) is 0 Å². The summed E-state index contributed by atoms with van der Waals surface area (Å²) in [6.45, 7) is 6.47. The van der Waals surface area contributed by atoms with Gasteiger partial charge in [-0.05, 0) is 31.7 Å². The monoisotopic (exact) mass is 289 g/mol. The van der Waals surface area contributed by atoms with Gasteiger partial charge in [-0.25, -0.2) is 0 Å². The van der Waals surface area contributed by atoms with Crippen LogP contribution in [0.25, 0.3) is 0 Å². The maximum atomic E-state index is 11.7. The molecule has 4 nitrogen and oxygen atoms in total. The Hall–Kier alpha value is -0.320. The molecule has 1 saturated heterocycles. The highest BCUT2D eigenvalue weighted by atomic mass is 35.5. The molecule has 2 fully saturated rings. The van der Waals surface area contributed by atoms with Gasteiger partial charge in [0.1, 0.15) is 0 Å². The minimum absolute atomic E-state index is 0. The summed E-state index contributed by atoms with van der Waals surface area (Å²) in [6, 6.07) is 0. The molecular weight excluding hydrogens is 262 g/mol. The van der Waals surface area contributed by atoms with Gasteiger partial charge in [0.25, 0.3) is 0 Å². The molecule has 2 aliphatic rings. The number of hydrogen-bond donors (Lipinski definition) is 2. The summed E-state index contributed by atoms with van der Waals surface area (Å²) in [7, 11) is 0. The minimum atomic E-state index is 0. The Balaban J connectivity index is 0.00000180. The van der Waals surface area contributed by atoms with Crippen molar-refractivity contribution in [1.29, 1.82) is 0 Å². The van der Waals surface area contributed by atoms with Crippen LogP contribution in [0.5, 0.6) is 0 Å². The number of halogens is 1. The molecule has 0 unspecified atom stereocenters. The van der Waals surface area contributed by atoms with E-state index in [9.17, 15) is 4.79 Å². The van der Waals surface area contributed by atoms with Crippen molar-refractivity contribution in [2.24, 2.45) is 5.92 Å². The smallest absolute Gasteiger partial charge is 0.220 e. The topological polar surface area (TPSA) is 44.4 Å². The van der Waals surface area contributed by atoms with Gasteiger partial charge in [0.2, 0.25) is 5.91 Å². The van der Waals surface area contributed by atoms with Crippen molar-refractivity contribution >= 4 is 18.3 Å². The largest absolute Gasteiger partial charge is 0.356 e. The Bertz CT molecular complexity index is 251. The number of piperazine rings is 1. The molecule has 112 valence electrons. The number of hydrogen-bond acceptors (Lipinski definition) is 3. The predicted octanol–water partition coefficient (Wildman–Crippen LogP) is 1.40. The normalized spacial score (nSPS) is 21.1. The second-order valence-electron chi connectivity index (χ2n) is 5.65. The number of carbonyl (C=O) groups is 1. The summed E-state index contributed by atoms with van der Waals surface area (Å²) >= 11 is 0. The fraction of sp³-hybridized carbons (Fsp3) is 0.929. The molecule has 2 rings (SSSR count). The third kappa shape index (κ3) is 6.59. The Morgan fingerprint density at radius 1 is 1.21 bits per heavy atom. The van der Waals surface area contributed by atoms with Gasteiger partial charge >= 0.3 is 0 Å². The lowest BCUT2D eigenvalue weighted by Crippen LogP contribution is -2.44. The lowest BCUT2D eigenvalue weighted by Gasteiger charge is -2.27. The highest BCUT2D eigenvalue weighted by molar-refractivity contribution is 5.85. The molecule has 1 aliphatic heterocycles. The van der Waals surface area contributed by atoms with Gasteiger partial charge in [0, 0.05) is 39.1 Å². The van der Waals surface area contributed by atoms with Crippen molar-refractivity contribution in [2.45, 2.75) is 38.5 Å². The van der Waals surface area contributed by atoms with E-state index in [4.69, 9.17) is 0 Å². The number of amides is 1. The molecular formula is C14H28ClN3O. The molecule has 0 aromatic rings. The van der Waals surface area contributed by atoms with Crippen LogP contribution in [0.3, 0.4) is 0 Å². The fourth-order valence-corrected chi connectivity index (χ4v) is 3.01. The summed E-state index contributed by atoms with van der Waals surface area (Å²) in [5.41, 5.74) is 0. The van der Waals surface area contributed by atoms with E-state index in [1.54, 1.807) is 0 Å². The summed E-state index contributed by atoms with van der Waals surface area (Å²) < 4.78 is 0. The third-order valence-electron chi connectivity index (χ3n) is 4.13. The van der Waals surface area contributed by atoms with Crippen molar-refractivity contribution in [2.75, 3.05) is 39.3 Å². The highest BCUT2D eigenvalue weighted by Gasteiger charge is 2.18. The van der Waals surface area contributed by atoms with Crippen molar-refractivity contribution in [3.05, 3.63) is 0 Å². The van der Waals surface area contributed by atoms with Crippen molar-refractivity contribution in [3.63, 3.8) is 0 Å². The zero-order valence-corrected chi connectivity index (χ0v) is 12.6. The summed E-state index contributed by atoms with van der Waals surface area (Å²) in [5, 5.41) is 6.42. The molecule has 5 heteroatoms. The molecule has 0 bridgehead atoms. The first-order valence-corrected chi connectivity index (χ1v) is 7.54. The molecule has 0 atom stereocenters. The van der Waals surface area contributed by atoms with Crippen LogP contribution in [-0.2, 0) is 4.79 Å². The van der Waals surface area contributed by atoms with Crippen molar-refractivity contribution in [1.82, 2.24) is 15.5 Å². The van der Waals surface area contributed by atoms with Gasteiger partial charge in [0.15, 0.2) is 0 Å². The van der Waals surface area contributed by atoms with Gasteiger partial charge in [-0.1, -0.05) is 12.8 Å². The van der Waals surface area contributed by atoms with E-state index in [0.717, 1.165) is 52.1 Å².